The Morgan fingerprint density at radius 2 is 2.57 bits per heavy atom. The first-order chi connectivity index (χ1) is 3.39. The Morgan fingerprint density at radius 1 is 1.71 bits per heavy atom. The summed E-state index contributed by atoms with van der Waals surface area (Å²) >= 11 is 2.06. The monoisotopic (exact) mass is 117 g/mol. The number of hydrogen-bond acceptors (Lipinski definition) is 2. The van der Waals surface area contributed by atoms with Crippen molar-refractivity contribution in [1.29, 1.82) is 0 Å². The zero-order valence-electron chi connectivity index (χ0n) is 4.61. The molecule has 0 radical (unpaired) electrons. The van der Waals surface area contributed by atoms with Crippen molar-refractivity contribution in [3.05, 3.63) is 0 Å². The molecule has 0 aromatic carbocycles. The van der Waals surface area contributed by atoms with E-state index in [-0.39, 0.29) is 0 Å². The van der Waals surface area contributed by atoms with Crippen LogP contribution in [0.4, 0.5) is 0 Å². The van der Waals surface area contributed by atoms with Crippen LogP contribution in [0, 0.1) is 0 Å². The number of thioether (sulfide) groups is 1. The van der Waals surface area contributed by atoms with Gasteiger partial charge in [0.25, 0.3) is 0 Å². The molecule has 0 aliphatic carbocycles. The molecule has 1 nitrogen and oxygen atoms in total. The third kappa shape index (κ3) is 1.70. The Kier molecular flexibility index (Phi) is 2.00. The quantitative estimate of drug-likeness (QED) is 0.501. The van der Waals surface area contributed by atoms with Gasteiger partial charge in [-0.25, -0.2) is 0 Å². The average Bonchev–Trinajstić information content (AvgIpc) is 1.69. The number of hydrogen-bond donors (Lipinski definition) is 1. The highest BCUT2D eigenvalue weighted by atomic mass is 32.2. The van der Waals surface area contributed by atoms with Crippen LogP contribution in [0.15, 0.2) is 0 Å². The van der Waals surface area contributed by atoms with Crippen molar-refractivity contribution in [3.63, 3.8) is 0 Å². The maximum Gasteiger partial charge on any atom is 0.0144 e. The van der Waals surface area contributed by atoms with Crippen LogP contribution < -0.4 is 5.32 Å². The molecule has 0 unspecified atom stereocenters. The minimum atomic E-state index is 0.841. The smallest absolute Gasteiger partial charge is 0.0144 e. The highest BCUT2D eigenvalue weighted by Gasteiger charge is 2.05. The van der Waals surface area contributed by atoms with E-state index in [0.717, 1.165) is 5.25 Å². The zero-order valence-corrected chi connectivity index (χ0v) is 5.42. The summed E-state index contributed by atoms with van der Waals surface area (Å²) in [5.41, 5.74) is 0. The molecule has 1 rings (SSSR count). The number of nitrogens with one attached hydrogen (secondary N) is 1. The summed E-state index contributed by atoms with van der Waals surface area (Å²) in [6.45, 7) is 4.66. The van der Waals surface area contributed by atoms with Gasteiger partial charge >= 0.3 is 0 Å². The highest BCUT2D eigenvalue weighted by Crippen LogP contribution is 2.10. The highest BCUT2D eigenvalue weighted by molar-refractivity contribution is 7.99. The van der Waals surface area contributed by atoms with Gasteiger partial charge in [0.1, 0.15) is 0 Å². The van der Waals surface area contributed by atoms with E-state index in [0.29, 0.717) is 0 Å². The largest absolute Gasteiger partial charge is 0.315 e. The van der Waals surface area contributed by atoms with Crippen LogP contribution in [0.2, 0.25) is 0 Å². The number of rotatable bonds is 0. The third-order valence-corrected chi connectivity index (χ3v) is 2.29. The van der Waals surface area contributed by atoms with E-state index in [1.165, 1.54) is 18.8 Å². The zero-order chi connectivity index (χ0) is 5.11. The molecule has 0 amide bonds. The Balaban J connectivity index is 2.12. The van der Waals surface area contributed by atoms with E-state index in [9.17, 15) is 0 Å². The lowest BCUT2D eigenvalue weighted by atomic mass is 10.4. The van der Waals surface area contributed by atoms with Crippen molar-refractivity contribution >= 4 is 11.8 Å². The van der Waals surface area contributed by atoms with Crippen molar-refractivity contribution in [2.24, 2.45) is 0 Å². The van der Waals surface area contributed by atoms with Gasteiger partial charge in [-0.1, -0.05) is 6.92 Å². The first-order valence-electron chi connectivity index (χ1n) is 2.72. The van der Waals surface area contributed by atoms with Crippen LogP contribution in [0.3, 0.4) is 0 Å². The van der Waals surface area contributed by atoms with Crippen LogP contribution in [-0.4, -0.2) is 24.1 Å². The summed E-state index contributed by atoms with van der Waals surface area (Å²) in [5, 5.41) is 4.16. The SMILES string of the molecule is C[C@@H]1CNCCS1. The second-order valence-corrected chi connectivity index (χ2v) is 3.43. The van der Waals surface area contributed by atoms with Gasteiger partial charge in [-0.3, -0.25) is 0 Å². The van der Waals surface area contributed by atoms with Crippen LogP contribution in [0.25, 0.3) is 0 Å². The summed E-state index contributed by atoms with van der Waals surface area (Å²) in [5.74, 6) is 1.29. The average molecular weight is 117 g/mol. The van der Waals surface area contributed by atoms with Gasteiger partial charge in [0, 0.05) is 24.1 Å². The van der Waals surface area contributed by atoms with E-state index in [4.69, 9.17) is 0 Å². The molecule has 1 atom stereocenters. The minimum absolute atomic E-state index is 0.841. The fourth-order valence-corrected chi connectivity index (χ4v) is 1.60. The Morgan fingerprint density at radius 3 is 2.86 bits per heavy atom. The van der Waals surface area contributed by atoms with Crippen molar-refractivity contribution in [3.8, 4) is 0 Å². The Labute approximate surface area is 48.9 Å². The second kappa shape index (κ2) is 2.58. The summed E-state index contributed by atoms with van der Waals surface area (Å²) in [7, 11) is 0. The maximum absolute atomic E-state index is 3.31. The first-order valence-corrected chi connectivity index (χ1v) is 3.77. The second-order valence-electron chi connectivity index (χ2n) is 1.89. The molecule has 1 aliphatic rings. The normalized spacial score (nSPS) is 33.0. The lowest BCUT2D eigenvalue weighted by Crippen LogP contribution is -2.30. The predicted molar refractivity (Wildman–Crippen MR) is 34.8 cm³/mol. The molecule has 1 aliphatic heterocycles. The molecule has 0 aromatic rings. The molecule has 0 bridgehead atoms. The molecule has 0 saturated carbocycles. The van der Waals surface area contributed by atoms with Crippen LogP contribution >= 0.6 is 11.8 Å². The van der Waals surface area contributed by atoms with Gasteiger partial charge in [0.2, 0.25) is 0 Å². The standard InChI is InChI=1S/C5H11NS/c1-5-4-6-2-3-7-5/h5-6H,2-4H2,1H3/t5-/m1/s1. The van der Waals surface area contributed by atoms with Crippen LogP contribution in [0.1, 0.15) is 6.92 Å². The van der Waals surface area contributed by atoms with Crippen LogP contribution in [-0.2, 0) is 0 Å². The van der Waals surface area contributed by atoms with Crippen molar-refractivity contribution in [2.45, 2.75) is 12.2 Å². The van der Waals surface area contributed by atoms with E-state index in [2.05, 4.69) is 24.0 Å². The summed E-state index contributed by atoms with van der Waals surface area (Å²) in [4.78, 5) is 0. The van der Waals surface area contributed by atoms with E-state index in [1.54, 1.807) is 0 Å². The van der Waals surface area contributed by atoms with Crippen molar-refractivity contribution < 1.29 is 0 Å². The van der Waals surface area contributed by atoms with Gasteiger partial charge in [0.05, 0.1) is 0 Å². The van der Waals surface area contributed by atoms with E-state index < -0.39 is 0 Å². The molecular weight excluding hydrogens is 106 g/mol. The van der Waals surface area contributed by atoms with E-state index >= 15 is 0 Å². The topological polar surface area (TPSA) is 12.0 Å². The van der Waals surface area contributed by atoms with Gasteiger partial charge < -0.3 is 5.32 Å². The molecule has 0 aromatic heterocycles. The summed E-state index contributed by atoms with van der Waals surface area (Å²) in [6, 6.07) is 0. The molecule has 7 heavy (non-hydrogen) atoms. The third-order valence-electron chi connectivity index (χ3n) is 1.11. The molecular formula is C5H11NS. The minimum Gasteiger partial charge on any atom is -0.315 e. The lowest BCUT2D eigenvalue weighted by Gasteiger charge is -2.17. The maximum atomic E-state index is 3.31. The fraction of sp³-hybridized carbons (Fsp3) is 1.00. The summed E-state index contributed by atoms with van der Waals surface area (Å²) < 4.78 is 0. The molecule has 42 valence electrons. The molecule has 1 fully saturated rings. The van der Waals surface area contributed by atoms with Gasteiger partial charge in [-0.15, -0.1) is 0 Å². The molecule has 1 N–H and O–H groups in total. The Hall–Kier alpha value is 0.310. The van der Waals surface area contributed by atoms with Crippen LogP contribution in [0.5, 0.6) is 0 Å². The molecule has 1 heterocycles. The first kappa shape index (κ1) is 5.45. The van der Waals surface area contributed by atoms with Gasteiger partial charge in [-0.2, -0.15) is 11.8 Å². The van der Waals surface area contributed by atoms with Gasteiger partial charge in [0.15, 0.2) is 0 Å². The molecule has 0 spiro atoms. The predicted octanol–water partition coefficient (Wildman–Crippen LogP) is 0.711. The molecule has 2 heteroatoms. The van der Waals surface area contributed by atoms with Crippen molar-refractivity contribution in [2.75, 3.05) is 18.8 Å². The van der Waals surface area contributed by atoms with E-state index in [1.807, 2.05) is 0 Å². The fourth-order valence-electron chi connectivity index (χ4n) is 0.697. The lowest BCUT2D eigenvalue weighted by molar-refractivity contribution is 0.695. The molecule has 1 saturated heterocycles. The van der Waals surface area contributed by atoms with Crippen molar-refractivity contribution in [1.82, 2.24) is 5.32 Å². The summed E-state index contributed by atoms with van der Waals surface area (Å²) in [6.07, 6.45) is 0. The van der Waals surface area contributed by atoms with Gasteiger partial charge in [-0.05, 0) is 0 Å². The Bertz CT molecular complexity index is 50.0.